The molecule has 0 aliphatic carbocycles. The molecule has 0 aromatic carbocycles. The maximum absolute atomic E-state index is 12.5. The van der Waals surface area contributed by atoms with Crippen molar-refractivity contribution in [3.8, 4) is 0 Å². The Morgan fingerprint density at radius 1 is 0.714 bits per heavy atom. The molecular weight excluding hydrogens is 653 g/mol. The molecule has 0 aromatic heterocycles. The Hall–Kier alpha value is -1.82. The number of carbonyl (C=O) groups excluding carboxylic acids is 2. The van der Waals surface area contributed by atoms with Crippen molar-refractivity contribution in [1.29, 1.82) is 0 Å². The highest BCUT2D eigenvalue weighted by Gasteiger charge is 2.27. The molecule has 0 amide bonds. The Morgan fingerprint density at radius 3 is 1.71 bits per heavy atom. The molecule has 0 heterocycles. The van der Waals surface area contributed by atoms with Gasteiger partial charge in [0.05, 0.1) is 33.9 Å². The highest BCUT2D eigenvalue weighted by molar-refractivity contribution is 7.47. The third-order valence-corrected chi connectivity index (χ3v) is 8.98. The summed E-state index contributed by atoms with van der Waals surface area (Å²) < 4.78 is 33.9. The highest BCUT2D eigenvalue weighted by atomic mass is 31.2. The second-order valence-corrected chi connectivity index (χ2v) is 15.4. The molecule has 3 N–H and O–H groups in total. The summed E-state index contributed by atoms with van der Waals surface area (Å²) in [6.45, 7) is 1.95. The summed E-state index contributed by atoms with van der Waals surface area (Å²) in [5, 5.41) is 18.3. The molecule has 49 heavy (non-hydrogen) atoms. The SMILES string of the molecule is CCCCCCCCCCCCCCCC(=O)OC[C@H](COP(=O)(O)OCC[N+](C)(C)C)OC(=O)CCCCCCCC(O)/C=C/C(=O)O. The molecule has 0 aromatic rings. The van der Waals surface area contributed by atoms with Gasteiger partial charge in [-0.3, -0.25) is 18.6 Å². The lowest BCUT2D eigenvalue weighted by Gasteiger charge is -2.24. The number of carbonyl (C=O) groups is 3. The number of nitrogens with zero attached hydrogens (tertiary/aromatic N) is 1. The molecule has 0 bridgehead atoms. The van der Waals surface area contributed by atoms with Crippen LogP contribution in [0.3, 0.4) is 0 Å². The molecule has 0 aliphatic heterocycles. The number of aliphatic carboxylic acids is 1. The van der Waals surface area contributed by atoms with E-state index < -0.39 is 44.5 Å². The zero-order valence-corrected chi connectivity index (χ0v) is 31.9. The number of carboxylic acids is 1. The summed E-state index contributed by atoms with van der Waals surface area (Å²) in [4.78, 5) is 45.6. The van der Waals surface area contributed by atoms with Crippen molar-refractivity contribution in [2.45, 2.75) is 154 Å². The molecule has 3 atom stereocenters. The van der Waals surface area contributed by atoms with E-state index in [-0.39, 0.29) is 26.1 Å². The summed E-state index contributed by atoms with van der Waals surface area (Å²) in [5.74, 6) is -2.05. The lowest BCUT2D eigenvalue weighted by atomic mass is 10.0. The summed E-state index contributed by atoms with van der Waals surface area (Å²) in [7, 11) is 1.34. The minimum Gasteiger partial charge on any atom is -0.478 e. The van der Waals surface area contributed by atoms with Gasteiger partial charge in [0.1, 0.15) is 19.8 Å². The first-order valence-corrected chi connectivity index (χ1v) is 20.1. The third-order valence-electron chi connectivity index (χ3n) is 7.99. The number of carboxylic acid groups (broad SMARTS) is 1. The predicted molar refractivity (Wildman–Crippen MR) is 191 cm³/mol. The van der Waals surface area contributed by atoms with Crippen LogP contribution in [0.25, 0.3) is 0 Å². The maximum Gasteiger partial charge on any atom is 0.472 e. The number of unbranched alkanes of at least 4 members (excludes halogenated alkanes) is 16. The van der Waals surface area contributed by atoms with Crippen molar-refractivity contribution in [2.24, 2.45) is 0 Å². The van der Waals surface area contributed by atoms with E-state index in [1.807, 2.05) is 21.1 Å². The molecule has 0 aliphatic rings. The number of likely N-dealkylation sites (N-methyl/N-ethyl adjacent to an activating group) is 1. The van der Waals surface area contributed by atoms with Crippen molar-refractivity contribution in [3.05, 3.63) is 12.2 Å². The smallest absolute Gasteiger partial charge is 0.472 e. The Kier molecular flexibility index (Phi) is 28.8. The minimum absolute atomic E-state index is 0.00611. The molecule has 2 unspecified atom stereocenters. The van der Waals surface area contributed by atoms with Crippen LogP contribution in [0.1, 0.15) is 142 Å². The van der Waals surface area contributed by atoms with Gasteiger partial charge in [0, 0.05) is 18.9 Å². The van der Waals surface area contributed by atoms with Crippen molar-refractivity contribution >= 4 is 25.7 Å². The van der Waals surface area contributed by atoms with Gasteiger partial charge in [-0.1, -0.05) is 110 Å². The van der Waals surface area contributed by atoms with Crippen LogP contribution in [0.4, 0.5) is 0 Å². The number of phosphoric ester groups is 1. The number of quaternary nitrogens is 1. The van der Waals surface area contributed by atoms with Crippen molar-refractivity contribution < 1.29 is 57.1 Å². The van der Waals surface area contributed by atoms with Gasteiger partial charge in [0.15, 0.2) is 6.10 Å². The van der Waals surface area contributed by atoms with E-state index >= 15 is 0 Å². The first-order chi connectivity index (χ1) is 23.2. The van der Waals surface area contributed by atoms with Crippen molar-refractivity contribution in [1.82, 2.24) is 0 Å². The summed E-state index contributed by atoms with van der Waals surface area (Å²) in [5.41, 5.74) is 0. The van der Waals surface area contributed by atoms with E-state index in [0.29, 0.717) is 30.3 Å². The zero-order valence-electron chi connectivity index (χ0n) is 31.0. The molecule has 0 rings (SSSR count). The standard InChI is InChI=1S/C36H68NO11P/c1-5-6-7-8-9-10-11-12-13-14-15-18-21-24-35(41)45-30-33(31-47-49(43,44)46-29-28-37(2,3)4)48-36(42)25-22-19-16-17-20-23-32(38)26-27-34(39)40/h26-27,32-33,38H,5-25,28-31H2,1-4H3,(H-,39,40,43,44)/p+1/b27-26+/t32?,33-/m1/s1. The van der Waals surface area contributed by atoms with Gasteiger partial charge in [-0.05, 0) is 25.3 Å². The van der Waals surface area contributed by atoms with Gasteiger partial charge >= 0.3 is 25.7 Å². The van der Waals surface area contributed by atoms with E-state index in [9.17, 15) is 28.9 Å². The fraction of sp³-hybridized carbons (Fsp3) is 0.861. The fourth-order valence-electron chi connectivity index (χ4n) is 4.99. The van der Waals surface area contributed by atoms with Gasteiger partial charge < -0.3 is 29.1 Å². The lowest BCUT2D eigenvalue weighted by Crippen LogP contribution is -2.37. The molecule has 0 spiro atoms. The van der Waals surface area contributed by atoms with Gasteiger partial charge in [-0.2, -0.15) is 0 Å². The molecule has 12 nitrogen and oxygen atoms in total. The molecule has 0 radical (unpaired) electrons. The molecule has 0 fully saturated rings. The average Bonchev–Trinajstić information content (AvgIpc) is 3.02. The maximum atomic E-state index is 12.5. The molecular formula is C36H69NO11P+. The summed E-state index contributed by atoms with van der Waals surface area (Å²) in [6, 6.07) is 0. The fourth-order valence-corrected chi connectivity index (χ4v) is 5.74. The second kappa shape index (κ2) is 29.9. The van der Waals surface area contributed by atoms with Gasteiger partial charge in [-0.25, -0.2) is 9.36 Å². The van der Waals surface area contributed by atoms with E-state index in [2.05, 4.69) is 6.92 Å². The van der Waals surface area contributed by atoms with Gasteiger partial charge in [-0.15, -0.1) is 0 Å². The predicted octanol–water partition coefficient (Wildman–Crippen LogP) is 7.49. The summed E-state index contributed by atoms with van der Waals surface area (Å²) >= 11 is 0. The van der Waals surface area contributed by atoms with Crippen LogP contribution in [0.15, 0.2) is 12.2 Å². The number of aliphatic hydroxyl groups is 1. The van der Waals surface area contributed by atoms with Crippen LogP contribution in [0.5, 0.6) is 0 Å². The van der Waals surface area contributed by atoms with E-state index in [1.165, 1.54) is 63.9 Å². The topological polar surface area (TPSA) is 166 Å². The Balaban J connectivity index is 4.48. The number of aliphatic hydroxyl groups excluding tert-OH is 1. The number of hydrogen-bond acceptors (Lipinski definition) is 9. The van der Waals surface area contributed by atoms with Crippen LogP contribution in [-0.2, 0) is 37.5 Å². The monoisotopic (exact) mass is 722 g/mol. The third kappa shape index (κ3) is 34.4. The summed E-state index contributed by atoms with van der Waals surface area (Å²) in [6.07, 6.45) is 20.4. The number of hydrogen-bond donors (Lipinski definition) is 3. The largest absolute Gasteiger partial charge is 0.478 e. The quantitative estimate of drug-likeness (QED) is 0.0198. The van der Waals surface area contributed by atoms with Crippen molar-refractivity contribution in [2.75, 3.05) is 47.5 Å². The number of ether oxygens (including phenoxy) is 2. The number of phosphoric acid groups is 1. The molecule has 13 heteroatoms. The molecule has 0 saturated carbocycles. The minimum atomic E-state index is -4.41. The van der Waals surface area contributed by atoms with Crippen LogP contribution in [0, 0.1) is 0 Å². The molecule has 0 saturated heterocycles. The first-order valence-electron chi connectivity index (χ1n) is 18.6. The molecule has 288 valence electrons. The first kappa shape index (κ1) is 47.2. The van der Waals surface area contributed by atoms with Crippen LogP contribution < -0.4 is 0 Å². The van der Waals surface area contributed by atoms with E-state index in [4.69, 9.17) is 23.6 Å². The van der Waals surface area contributed by atoms with Gasteiger partial charge in [0.2, 0.25) is 0 Å². The van der Waals surface area contributed by atoms with Crippen LogP contribution in [0.2, 0.25) is 0 Å². The van der Waals surface area contributed by atoms with Crippen LogP contribution >= 0.6 is 7.82 Å². The lowest BCUT2D eigenvalue weighted by molar-refractivity contribution is -0.870. The van der Waals surface area contributed by atoms with Gasteiger partial charge in [0.25, 0.3) is 0 Å². The Bertz CT molecular complexity index is 938. The second-order valence-electron chi connectivity index (χ2n) is 14.0. The van der Waals surface area contributed by atoms with E-state index in [0.717, 1.165) is 51.0 Å². The Labute approximate surface area is 296 Å². The van der Waals surface area contributed by atoms with E-state index in [1.54, 1.807) is 0 Å². The number of esters is 2. The number of rotatable bonds is 34. The Morgan fingerprint density at radius 2 is 1.20 bits per heavy atom. The van der Waals surface area contributed by atoms with Crippen LogP contribution in [-0.4, -0.2) is 97.2 Å². The van der Waals surface area contributed by atoms with Crippen molar-refractivity contribution in [3.63, 3.8) is 0 Å². The average molecular weight is 723 g/mol. The highest BCUT2D eigenvalue weighted by Crippen LogP contribution is 2.43. The zero-order chi connectivity index (χ0) is 36.8. The normalized spacial score (nSPS) is 14.4.